The Labute approximate surface area is 122 Å². The number of benzene rings is 1. The minimum atomic E-state index is -1.01. The fraction of sp³-hybridized carbons (Fsp3) is 0.267. The minimum absolute atomic E-state index is 0.0425. The zero-order valence-electron chi connectivity index (χ0n) is 11.9. The van der Waals surface area contributed by atoms with Gasteiger partial charge in [-0.15, -0.1) is 0 Å². The SMILES string of the molecule is Cc1cnn(C(C)CNC(=O)c2ccc(C(=O)O)cc2)c1. The lowest BCUT2D eigenvalue weighted by Crippen LogP contribution is -2.29. The normalized spacial score (nSPS) is 11.9. The Morgan fingerprint density at radius 3 is 2.43 bits per heavy atom. The molecule has 110 valence electrons. The van der Waals surface area contributed by atoms with E-state index in [4.69, 9.17) is 5.11 Å². The van der Waals surface area contributed by atoms with Gasteiger partial charge < -0.3 is 10.4 Å². The van der Waals surface area contributed by atoms with Crippen LogP contribution in [0.3, 0.4) is 0 Å². The highest BCUT2D eigenvalue weighted by Crippen LogP contribution is 2.07. The molecule has 1 heterocycles. The fourth-order valence-corrected chi connectivity index (χ4v) is 1.87. The van der Waals surface area contributed by atoms with Gasteiger partial charge in [0.15, 0.2) is 0 Å². The van der Waals surface area contributed by atoms with Crippen LogP contribution in [0.5, 0.6) is 0 Å². The molecular formula is C15H17N3O3. The standard InChI is InChI=1S/C15H17N3O3/c1-10-7-17-18(9-10)11(2)8-16-14(19)12-3-5-13(6-4-12)15(20)21/h3-7,9,11H,8H2,1-2H3,(H,16,19)(H,20,21). The maximum atomic E-state index is 12.0. The zero-order valence-corrected chi connectivity index (χ0v) is 11.9. The second-order valence-electron chi connectivity index (χ2n) is 4.94. The number of carbonyl (C=O) groups is 2. The first-order valence-corrected chi connectivity index (χ1v) is 6.59. The first-order valence-electron chi connectivity index (χ1n) is 6.59. The van der Waals surface area contributed by atoms with Gasteiger partial charge in [0.25, 0.3) is 5.91 Å². The molecule has 0 bridgehead atoms. The van der Waals surface area contributed by atoms with Crippen molar-refractivity contribution in [2.45, 2.75) is 19.9 Å². The number of carboxylic acid groups (broad SMARTS) is 1. The van der Waals surface area contributed by atoms with Gasteiger partial charge in [0.05, 0.1) is 17.8 Å². The number of rotatable bonds is 5. The van der Waals surface area contributed by atoms with Crippen molar-refractivity contribution in [2.75, 3.05) is 6.54 Å². The maximum absolute atomic E-state index is 12.0. The van der Waals surface area contributed by atoms with Gasteiger partial charge in [-0.25, -0.2) is 4.79 Å². The lowest BCUT2D eigenvalue weighted by Gasteiger charge is -2.13. The lowest BCUT2D eigenvalue weighted by atomic mass is 10.1. The summed E-state index contributed by atoms with van der Waals surface area (Å²) in [4.78, 5) is 22.7. The van der Waals surface area contributed by atoms with Crippen LogP contribution >= 0.6 is 0 Å². The van der Waals surface area contributed by atoms with E-state index in [0.29, 0.717) is 12.1 Å². The Morgan fingerprint density at radius 1 is 1.29 bits per heavy atom. The first kappa shape index (κ1) is 14.8. The van der Waals surface area contributed by atoms with E-state index in [1.165, 1.54) is 24.3 Å². The Balaban J connectivity index is 1.93. The van der Waals surface area contributed by atoms with Crippen LogP contribution in [-0.4, -0.2) is 33.3 Å². The van der Waals surface area contributed by atoms with E-state index in [1.54, 1.807) is 10.9 Å². The van der Waals surface area contributed by atoms with E-state index in [2.05, 4.69) is 10.4 Å². The number of hydrogen-bond acceptors (Lipinski definition) is 3. The molecule has 21 heavy (non-hydrogen) atoms. The van der Waals surface area contributed by atoms with Crippen LogP contribution in [0.1, 0.15) is 39.2 Å². The summed E-state index contributed by atoms with van der Waals surface area (Å²) >= 11 is 0. The van der Waals surface area contributed by atoms with Crippen molar-refractivity contribution in [3.05, 3.63) is 53.3 Å². The first-order chi connectivity index (χ1) is 9.97. The van der Waals surface area contributed by atoms with E-state index in [9.17, 15) is 9.59 Å². The molecule has 6 heteroatoms. The number of aromatic nitrogens is 2. The van der Waals surface area contributed by atoms with Gasteiger partial charge in [0.1, 0.15) is 0 Å². The molecule has 2 rings (SSSR count). The van der Waals surface area contributed by atoms with Crippen molar-refractivity contribution < 1.29 is 14.7 Å². The largest absolute Gasteiger partial charge is 0.478 e. The Hall–Kier alpha value is -2.63. The molecule has 0 saturated heterocycles. The van der Waals surface area contributed by atoms with Crippen molar-refractivity contribution in [1.29, 1.82) is 0 Å². The number of carbonyl (C=O) groups excluding carboxylic acids is 1. The second-order valence-corrected chi connectivity index (χ2v) is 4.94. The average Bonchev–Trinajstić information content (AvgIpc) is 2.91. The summed E-state index contributed by atoms with van der Waals surface area (Å²) in [7, 11) is 0. The van der Waals surface area contributed by atoms with Gasteiger partial charge in [-0.05, 0) is 43.7 Å². The third-order valence-corrected chi connectivity index (χ3v) is 3.13. The third-order valence-electron chi connectivity index (χ3n) is 3.13. The number of nitrogens with zero attached hydrogens (tertiary/aromatic N) is 2. The highest BCUT2D eigenvalue weighted by molar-refractivity contribution is 5.95. The molecule has 0 saturated carbocycles. The number of aryl methyl sites for hydroxylation is 1. The molecule has 0 radical (unpaired) electrons. The molecule has 2 aromatic rings. The molecule has 6 nitrogen and oxygen atoms in total. The van der Waals surface area contributed by atoms with Crippen LogP contribution in [-0.2, 0) is 0 Å². The van der Waals surface area contributed by atoms with E-state index >= 15 is 0 Å². The molecule has 0 aliphatic rings. The monoisotopic (exact) mass is 287 g/mol. The molecule has 1 amide bonds. The molecule has 0 aliphatic heterocycles. The summed E-state index contributed by atoms with van der Waals surface area (Å²) in [6.45, 7) is 4.36. The molecule has 1 aromatic carbocycles. The quantitative estimate of drug-likeness (QED) is 0.879. The number of nitrogens with one attached hydrogen (secondary N) is 1. The van der Waals surface area contributed by atoms with Gasteiger partial charge in [-0.1, -0.05) is 0 Å². The van der Waals surface area contributed by atoms with Crippen LogP contribution < -0.4 is 5.32 Å². The van der Waals surface area contributed by atoms with Gasteiger partial charge >= 0.3 is 5.97 Å². The molecule has 1 aromatic heterocycles. The van der Waals surface area contributed by atoms with Crippen LogP contribution in [0, 0.1) is 6.92 Å². The molecule has 0 spiro atoms. The van der Waals surface area contributed by atoms with Gasteiger partial charge in [-0.3, -0.25) is 9.48 Å². The lowest BCUT2D eigenvalue weighted by molar-refractivity contribution is 0.0696. The fourth-order valence-electron chi connectivity index (χ4n) is 1.87. The van der Waals surface area contributed by atoms with Crippen LogP contribution in [0.2, 0.25) is 0 Å². The highest BCUT2D eigenvalue weighted by atomic mass is 16.4. The van der Waals surface area contributed by atoms with E-state index in [1.807, 2.05) is 20.0 Å². The van der Waals surface area contributed by atoms with Gasteiger partial charge in [0, 0.05) is 18.3 Å². The van der Waals surface area contributed by atoms with Gasteiger partial charge in [-0.2, -0.15) is 5.10 Å². The van der Waals surface area contributed by atoms with Gasteiger partial charge in [0.2, 0.25) is 0 Å². The molecule has 2 N–H and O–H groups in total. The topological polar surface area (TPSA) is 84.2 Å². The van der Waals surface area contributed by atoms with E-state index < -0.39 is 5.97 Å². The van der Waals surface area contributed by atoms with Crippen LogP contribution in [0.25, 0.3) is 0 Å². The smallest absolute Gasteiger partial charge is 0.335 e. The minimum Gasteiger partial charge on any atom is -0.478 e. The summed E-state index contributed by atoms with van der Waals surface area (Å²) in [6, 6.07) is 5.87. The second kappa shape index (κ2) is 6.21. The Morgan fingerprint density at radius 2 is 1.90 bits per heavy atom. The predicted octanol–water partition coefficient (Wildman–Crippen LogP) is 1.88. The summed E-state index contributed by atoms with van der Waals surface area (Å²) in [5, 5.41) is 15.8. The molecule has 1 unspecified atom stereocenters. The van der Waals surface area contributed by atoms with Crippen LogP contribution in [0.4, 0.5) is 0 Å². The van der Waals surface area contributed by atoms with E-state index in [0.717, 1.165) is 5.56 Å². The third kappa shape index (κ3) is 3.68. The van der Waals surface area contributed by atoms with Crippen molar-refractivity contribution >= 4 is 11.9 Å². The molecular weight excluding hydrogens is 270 g/mol. The average molecular weight is 287 g/mol. The zero-order chi connectivity index (χ0) is 15.4. The molecule has 0 aliphatic carbocycles. The number of amides is 1. The predicted molar refractivity (Wildman–Crippen MR) is 77.4 cm³/mol. The van der Waals surface area contributed by atoms with E-state index in [-0.39, 0.29) is 17.5 Å². The number of hydrogen-bond donors (Lipinski definition) is 2. The van der Waals surface area contributed by atoms with Crippen molar-refractivity contribution in [2.24, 2.45) is 0 Å². The van der Waals surface area contributed by atoms with Crippen LogP contribution in [0.15, 0.2) is 36.7 Å². The maximum Gasteiger partial charge on any atom is 0.335 e. The summed E-state index contributed by atoms with van der Waals surface area (Å²) in [5.41, 5.74) is 1.66. The van der Waals surface area contributed by atoms with Crippen molar-refractivity contribution in [3.8, 4) is 0 Å². The Bertz CT molecular complexity index is 646. The molecule has 0 fully saturated rings. The van der Waals surface area contributed by atoms with Crippen molar-refractivity contribution in [3.63, 3.8) is 0 Å². The highest BCUT2D eigenvalue weighted by Gasteiger charge is 2.10. The summed E-state index contributed by atoms with van der Waals surface area (Å²) in [5.74, 6) is -1.24. The number of carboxylic acids is 1. The number of aromatic carboxylic acids is 1. The Kier molecular flexibility index (Phi) is 4.37. The van der Waals surface area contributed by atoms with Crippen molar-refractivity contribution in [1.82, 2.24) is 15.1 Å². The summed E-state index contributed by atoms with van der Waals surface area (Å²) in [6.07, 6.45) is 3.68. The summed E-state index contributed by atoms with van der Waals surface area (Å²) < 4.78 is 1.79. The molecule has 1 atom stereocenters.